The molecule has 0 fully saturated rings. The van der Waals surface area contributed by atoms with Gasteiger partial charge in [-0.25, -0.2) is 9.78 Å². The molecule has 1 aromatic heterocycles. The average Bonchev–Trinajstić information content (AvgIpc) is 2.94. The van der Waals surface area contributed by atoms with Crippen molar-refractivity contribution in [2.24, 2.45) is 0 Å². The van der Waals surface area contributed by atoms with Gasteiger partial charge in [0.05, 0.1) is 22.9 Å². The van der Waals surface area contributed by atoms with E-state index in [2.05, 4.69) is 10.3 Å². The van der Waals surface area contributed by atoms with Gasteiger partial charge in [0.2, 0.25) is 0 Å². The molecular formula is C29H20ClF3N2O6. The van der Waals surface area contributed by atoms with E-state index in [1.54, 1.807) is 30.3 Å². The Bertz CT molecular complexity index is 1610. The Morgan fingerprint density at radius 1 is 1.02 bits per heavy atom. The van der Waals surface area contributed by atoms with Crippen LogP contribution in [0.2, 0.25) is 5.02 Å². The highest BCUT2D eigenvalue weighted by molar-refractivity contribution is 6.32. The minimum atomic E-state index is -4.49. The number of alkyl halides is 3. The number of nitrogens with one attached hydrogen (secondary N) is 1. The van der Waals surface area contributed by atoms with E-state index in [1.807, 2.05) is 0 Å². The maximum Gasteiger partial charge on any atom is 0.506 e. The summed E-state index contributed by atoms with van der Waals surface area (Å²) in [6.07, 6.45) is -6.25. The molecule has 12 heteroatoms. The van der Waals surface area contributed by atoms with E-state index >= 15 is 0 Å². The normalized spacial score (nSPS) is 14.4. The molecule has 0 radical (unpaired) electrons. The second-order valence-electron chi connectivity index (χ2n) is 8.90. The van der Waals surface area contributed by atoms with Crippen molar-refractivity contribution in [3.05, 3.63) is 101 Å². The van der Waals surface area contributed by atoms with Crippen molar-refractivity contribution in [3.63, 3.8) is 0 Å². The number of amides is 1. The highest BCUT2D eigenvalue weighted by atomic mass is 35.5. The zero-order chi connectivity index (χ0) is 29.1. The molecule has 0 bridgehead atoms. The molecule has 3 aromatic carbocycles. The number of ether oxygens (including phenoxy) is 3. The first-order chi connectivity index (χ1) is 19.6. The van der Waals surface area contributed by atoms with Gasteiger partial charge in [-0.1, -0.05) is 29.8 Å². The van der Waals surface area contributed by atoms with E-state index < -0.39 is 29.9 Å². The van der Waals surface area contributed by atoms with Crippen molar-refractivity contribution >= 4 is 29.5 Å². The number of hydrogen-bond donors (Lipinski definition) is 2. The van der Waals surface area contributed by atoms with E-state index in [-0.39, 0.29) is 40.0 Å². The number of carbonyl (C=O) groups is 2. The molecule has 1 atom stereocenters. The lowest BCUT2D eigenvalue weighted by Crippen LogP contribution is -2.18. The fourth-order valence-corrected chi connectivity index (χ4v) is 4.40. The van der Waals surface area contributed by atoms with E-state index in [0.717, 1.165) is 12.1 Å². The van der Waals surface area contributed by atoms with Gasteiger partial charge < -0.3 is 24.6 Å². The Balaban J connectivity index is 1.27. The molecule has 4 aromatic rings. The molecule has 2 N–H and O–H groups in total. The van der Waals surface area contributed by atoms with Gasteiger partial charge in [0.1, 0.15) is 29.2 Å². The molecule has 1 amide bonds. The Morgan fingerprint density at radius 3 is 2.51 bits per heavy atom. The standard InChI is InChI=1S/C29H20ClF3N2O6/c30-21-14-20-23(41-28(37)38)11-12-39-24(20)15-25(21)40-19-9-7-16(8-10-19)27(36)35-26-6-2-5-22(34-26)17-3-1-4-18(13-17)29(31,32)33/h1-10,13-15,23H,11-12H2,(H,37,38)(H,34,35,36). The topological polar surface area (TPSA) is 107 Å². The number of carboxylic acid groups (broad SMARTS) is 1. The zero-order valence-electron chi connectivity index (χ0n) is 20.9. The van der Waals surface area contributed by atoms with Crippen LogP contribution in [0.1, 0.15) is 34.0 Å². The number of halogens is 4. The smallest absolute Gasteiger partial charge is 0.493 e. The van der Waals surface area contributed by atoms with Crippen LogP contribution in [0, 0.1) is 0 Å². The van der Waals surface area contributed by atoms with Crippen molar-refractivity contribution in [3.8, 4) is 28.5 Å². The summed E-state index contributed by atoms with van der Waals surface area (Å²) < 4.78 is 55.6. The first-order valence-corrected chi connectivity index (χ1v) is 12.5. The Labute approximate surface area is 236 Å². The minimum Gasteiger partial charge on any atom is -0.493 e. The fourth-order valence-electron chi connectivity index (χ4n) is 4.19. The molecule has 1 aliphatic rings. The highest BCUT2D eigenvalue weighted by Crippen LogP contribution is 2.42. The van der Waals surface area contributed by atoms with Gasteiger partial charge in [0, 0.05) is 29.2 Å². The van der Waals surface area contributed by atoms with Gasteiger partial charge in [-0.2, -0.15) is 13.2 Å². The van der Waals surface area contributed by atoms with Gasteiger partial charge in [-0.05, 0) is 54.6 Å². The van der Waals surface area contributed by atoms with E-state index in [9.17, 15) is 22.8 Å². The van der Waals surface area contributed by atoms with Crippen molar-refractivity contribution in [2.75, 3.05) is 11.9 Å². The number of hydrogen-bond acceptors (Lipinski definition) is 6. The lowest BCUT2D eigenvalue weighted by atomic mass is 10.0. The molecule has 8 nitrogen and oxygen atoms in total. The van der Waals surface area contributed by atoms with Gasteiger partial charge in [0.25, 0.3) is 5.91 Å². The molecule has 1 unspecified atom stereocenters. The second kappa shape index (κ2) is 11.4. The van der Waals surface area contributed by atoms with Gasteiger partial charge in [-0.3, -0.25) is 4.79 Å². The SMILES string of the molecule is O=C(O)OC1CCOc2cc(Oc3ccc(C(=O)Nc4cccc(-c5cccc(C(F)(F)F)c5)n4)cc3)c(Cl)cc21. The van der Waals surface area contributed by atoms with Gasteiger partial charge in [0.15, 0.2) is 0 Å². The highest BCUT2D eigenvalue weighted by Gasteiger charge is 2.30. The van der Waals surface area contributed by atoms with E-state index in [0.29, 0.717) is 23.5 Å². The van der Waals surface area contributed by atoms with Crippen LogP contribution in [0.5, 0.6) is 17.2 Å². The summed E-state index contributed by atoms with van der Waals surface area (Å²) in [6.45, 7) is 0.257. The van der Waals surface area contributed by atoms with Crippen LogP contribution >= 0.6 is 11.6 Å². The number of carbonyl (C=O) groups excluding carboxylic acids is 1. The molecule has 41 heavy (non-hydrogen) atoms. The largest absolute Gasteiger partial charge is 0.506 e. The summed E-state index contributed by atoms with van der Waals surface area (Å²) in [4.78, 5) is 28.1. The summed E-state index contributed by atoms with van der Waals surface area (Å²) in [6, 6.07) is 18.6. The maximum atomic E-state index is 13.1. The number of nitrogens with zero attached hydrogens (tertiary/aromatic N) is 1. The van der Waals surface area contributed by atoms with Crippen LogP contribution in [-0.4, -0.2) is 28.8 Å². The molecular weight excluding hydrogens is 565 g/mol. The Kier molecular flexibility index (Phi) is 7.71. The van der Waals surface area contributed by atoms with Crippen molar-refractivity contribution in [1.82, 2.24) is 4.98 Å². The summed E-state index contributed by atoms with van der Waals surface area (Å²) >= 11 is 6.36. The van der Waals surface area contributed by atoms with Crippen molar-refractivity contribution < 1.29 is 42.1 Å². The zero-order valence-corrected chi connectivity index (χ0v) is 21.7. The molecule has 0 aliphatic carbocycles. The minimum absolute atomic E-state index is 0.163. The number of anilines is 1. The molecule has 0 spiro atoms. The van der Waals surface area contributed by atoms with Crippen molar-refractivity contribution in [2.45, 2.75) is 18.7 Å². The van der Waals surface area contributed by atoms with Crippen LogP contribution < -0.4 is 14.8 Å². The molecule has 5 rings (SSSR count). The molecule has 210 valence electrons. The summed E-state index contributed by atoms with van der Waals surface area (Å²) in [5.74, 6) is 0.681. The third-order valence-corrected chi connectivity index (χ3v) is 6.41. The van der Waals surface area contributed by atoms with Crippen LogP contribution in [0.25, 0.3) is 11.3 Å². The molecule has 2 heterocycles. The number of benzene rings is 3. The first kappa shape index (κ1) is 27.8. The molecule has 1 aliphatic heterocycles. The second-order valence-corrected chi connectivity index (χ2v) is 9.30. The lowest BCUT2D eigenvalue weighted by Gasteiger charge is -2.25. The van der Waals surface area contributed by atoms with Gasteiger partial charge in [-0.15, -0.1) is 0 Å². The number of rotatable bonds is 6. The van der Waals surface area contributed by atoms with Crippen LogP contribution in [-0.2, 0) is 10.9 Å². The van der Waals surface area contributed by atoms with Crippen molar-refractivity contribution in [1.29, 1.82) is 0 Å². The maximum absolute atomic E-state index is 13.1. The molecule has 0 saturated carbocycles. The third-order valence-electron chi connectivity index (χ3n) is 6.11. The number of aromatic nitrogens is 1. The van der Waals surface area contributed by atoms with Gasteiger partial charge >= 0.3 is 12.3 Å². The predicted octanol–water partition coefficient (Wildman–Crippen LogP) is 7.98. The Morgan fingerprint density at radius 2 is 1.78 bits per heavy atom. The van der Waals surface area contributed by atoms with Crippen LogP contribution in [0.3, 0.4) is 0 Å². The quantitative estimate of drug-likeness (QED) is 0.221. The summed E-state index contributed by atoms with van der Waals surface area (Å²) in [7, 11) is 0. The van der Waals surface area contributed by atoms with Crippen LogP contribution in [0.15, 0.2) is 78.9 Å². The summed E-state index contributed by atoms with van der Waals surface area (Å²) in [5, 5.41) is 11.8. The lowest BCUT2D eigenvalue weighted by molar-refractivity contribution is -0.137. The summed E-state index contributed by atoms with van der Waals surface area (Å²) in [5.41, 5.74) is 0.498. The predicted molar refractivity (Wildman–Crippen MR) is 143 cm³/mol. The monoisotopic (exact) mass is 584 g/mol. The van der Waals surface area contributed by atoms with Crippen LogP contribution in [0.4, 0.5) is 23.8 Å². The van der Waals surface area contributed by atoms with E-state index in [1.165, 1.54) is 36.4 Å². The van der Waals surface area contributed by atoms with E-state index in [4.69, 9.17) is 30.9 Å². The average molecular weight is 585 g/mol. The number of fused-ring (bicyclic) bond motifs is 1. The number of pyridine rings is 1. The fraction of sp³-hybridized carbons (Fsp3) is 0.138. The third kappa shape index (κ3) is 6.52. The first-order valence-electron chi connectivity index (χ1n) is 12.2. The molecule has 0 saturated heterocycles. The Hall–Kier alpha value is -4.77.